The van der Waals surface area contributed by atoms with Gasteiger partial charge in [-0.3, -0.25) is 4.79 Å². The van der Waals surface area contributed by atoms with Crippen LogP contribution in [0.5, 0.6) is 0 Å². The zero-order valence-electron chi connectivity index (χ0n) is 18.0. The number of nitrogens with zero attached hydrogens (tertiary/aromatic N) is 6. The van der Waals surface area contributed by atoms with E-state index < -0.39 is 0 Å². The Morgan fingerprint density at radius 3 is 2.16 bits per heavy atom. The van der Waals surface area contributed by atoms with Crippen molar-refractivity contribution in [2.75, 3.05) is 59.9 Å². The summed E-state index contributed by atoms with van der Waals surface area (Å²) in [5.74, 6) is 1.66. The Hall–Kier alpha value is -3.27. The second kappa shape index (κ2) is 9.69. The molecule has 4 rings (SSSR count). The van der Waals surface area contributed by atoms with Crippen LogP contribution in [0.25, 0.3) is 0 Å². The topological polar surface area (TPSA) is 108 Å². The second-order valence-corrected chi connectivity index (χ2v) is 7.62. The molecule has 2 fully saturated rings. The predicted molar refractivity (Wildman–Crippen MR) is 121 cm³/mol. The average Bonchev–Trinajstić information content (AvgIpc) is 3.33. The van der Waals surface area contributed by atoms with Gasteiger partial charge in [-0.2, -0.15) is 20.1 Å². The first-order valence-electron chi connectivity index (χ1n) is 10.6. The molecule has 2 aliphatic rings. The summed E-state index contributed by atoms with van der Waals surface area (Å²) in [5.41, 5.74) is 5.47. The number of benzene rings is 1. The summed E-state index contributed by atoms with van der Waals surface area (Å²) in [7, 11) is 0. The molecule has 2 aliphatic heterocycles. The van der Waals surface area contributed by atoms with Crippen LogP contribution < -0.4 is 20.5 Å². The Kier molecular flexibility index (Phi) is 6.56. The van der Waals surface area contributed by atoms with Crippen molar-refractivity contribution in [1.82, 2.24) is 15.0 Å². The first-order valence-corrected chi connectivity index (χ1v) is 10.6. The van der Waals surface area contributed by atoms with Crippen LogP contribution in [0.4, 0.5) is 23.5 Å². The molecular formula is C21H28N8O2. The molecule has 3 heterocycles. The third-order valence-corrected chi connectivity index (χ3v) is 5.24. The summed E-state index contributed by atoms with van der Waals surface area (Å²) >= 11 is 0. The lowest BCUT2D eigenvalue weighted by atomic mass is 10.1. The number of hydrogen-bond acceptors (Lipinski definition) is 9. The zero-order chi connectivity index (χ0) is 21.6. The van der Waals surface area contributed by atoms with E-state index in [1.54, 1.807) is 0 Å². The number of carbonyl (C=O) groups excluding carboxylic acids is 1. The highest BCUT2D eigenvalue weighted by Gasteiger charge is 2.21. The number of morpholine rings is 1. The van der Waals surface area contributed by atoms with E-state index in [2.05, 4.69) is 35.6 Å². The van der Waals surface area contributed by atoms with Gasteiger partial charge in [0.1, 0.15) is 0 Å². The van der Waals surface area contributed by atoms with Crippen LogP contribution in [0.2, 0.25) is 0 Å². The number of aromatic nitrogens is 3. The molecule has 0 saturated carbocycles. The van der Waals surface area contributed by atoms with E-state index >= 15 is 0 Å². The lowest BCUT2D eigenvalue weighted by Gasteiger charge is -2.27. The molecule has 2 N–H and O–H groups in total. The zero-order valence-corrected chi connectivity index (χ0v) is 18.0. The fraction of sp³-hybridized carbons (Fsp3) is 0.476. The Bertz CT molecular complexity index is 935. The van der Waals surface area contributed by atoms with Crippen molar-refractivity contribution in [3.63, 3.8) is 0 Å². The smallest absolute Gasteiger partial charge is 0.250 e. The normalized spacial score (nSPS) is 17.0. The highest BCUT2D eigenvalue weighted by atomic mass is 16.5. The molecule has 0 bridgehead atoms. The number of anilines is 4. The molecule has 10 heteroatoms. The number of nitrogens with one attached hydrogen (secondary N) is 2. The third kappa shape index (κ3) is 5.46. The number of carbonyl (C=O) groups is 1. The monoisotopic (exact) mass is 424 g/mol. The summed E-state index contributed by atoms with van der Waals surface area (Å²) in [6.45, 7) is 8.15. The van der Waals surface area contributed by atoms with Crippen molar-refractivity contribution in [1.29, 1.82) is 0 Å². The van der Waals surface area contributed by atoms with Crippen LogP contribution in [-0.4, -0.2) is 66.0 Å². The number of rotatable bonds is 6. The molecule has 0 aliphatic carbocycles. The van der Waals surface area contributed by atoms with Gasteiger partial charge in [-0.15, -0.1) is 0 Å². The Morgan fingerprint density at radius 2 is 1.55 bits per heavy atom. The molecule has 0 spiro atoms. The van der Waals surface area contributed by atoms with E-state index in [0.29, 0.717) is 31.1 Å². The summed E-state index contributed by atoms with van der Waals surface area (Å²) in [6, 6.07) is 7.52. The molecule has 2 aromatic rings. The maximum atomic E-state index is 11.2. The highest BCUT2D eigenvalue weighted by molar-refractivity contribution is 5.99. The van der Waals surface area contributed by atoms with E-state index in [9.17, 15) is 4.79 Å². The van der Waals surface area contributed by atoms with E-state index in [1.807, 2.05) is 31.2 Å². The van der Waals surface area contributed by atoms with Gasteiger partial charge in [0.15, 0.2) is 0 Å². The maximum Gasteiger partial charge on any atom is 0.250 e. The predicted octanol–water partition coefficient (Wildman–Crippen LogP) is 2.10. The fourth-order valence-corrected chi connectivity index (χ4v) is 3.56. The molecule has 1 amide bonds. The summed E-state index contributed by atoms with van der Waals surface area (Å²) in [6.07, 6.45) is 2.29. The molecular weight excluding hydrogens is 396 g/mol. The summed E-state index contributed by atoms with van der Waals surface area (Å²) in [4.78, 5) is 29.4. The molecule has 31 heavy (non-hydrogen) atoms. The SMILES string of the molecule is CC(=O)Nc1ccc(/C(C)=N/Nc2nc(N3CCCC3)nc(N3CCOCC3)n2)cc1. The first-order chi connectivity index (χ1) is 15.1. The van der Waals surface area contributed by atoms with Crippen LogP contribution >= 0.6 is 0 Å². The molecule has 164 valence electrons. The van der Waals surface area contributed by atoms with Crippen molar-refractivity contribution in [2.24, 2.45) is 5.10 Å². The molecule has 2 saturated heterocycles. The maximum absolute atomic E-state index is 11.2. The van der Waals surface area contributed by atoms with E-state index in [1.165, 1.54) is 6.92 Å². The quantitative estimate of drug-likeness (QED) is 0.536. The lowest BCUT2D eigenvalue weighted by Crippen LogP contribution is -2.38. The van der Waals surface area contributed by atoms with Gasteiger partial charge >= 0.3 is 0 Å². The van der Waals surface area contributed by atoms with Crippen LogP contribution in [0.3, 0.4) is 0 Å². The van der Waals surface area contributed by atoms with Gasteiger partial charge < -0.3 is 19.9 Å². The minimum Gasteiger partial charge on any atom is -0.378 e. The molecule has 0 atom stereocenters. The van der Waals surface area contributed by atoms with Gasteiger partial charge in [-0.25, -0.2) is 5.43 Å². The van der Waals surface area contributed by atoms with E-state index in [0.717, 1.165) is 56.0 Å². The van der Waals surface area contributed by atoms with Gasteiger partial charge in [0.05, 0.1) is 18.9 Å². The van der Waals surface area contributed by atoms with E-state index in [-0.39, 0.29) is 5.91 Å². The van der Waals surface area contributed by atoms with Crippen LogP contribution in [0.1, 0.15) is 32.3 Å². The van der Waals surface area contributed by atoms with Gasteiger partial charge in [-0.05, 0) is 37.5 Å². The fourth-order valence-electron chi connectivity index (χ4n) is 3.56. The van der Waals surface area contributed by atoms with Crippen molar-refractivity contribution in [3.05, 3.63) is 29.8 Å². The average molecular weight is 425 g/mol. The van der Waals surface area contributed by atoms with Crippen molar-refractivity contribution >= 4 is 35.2 Å². The van der Waals surface area contributed by atoms with E-state index in [4.69, 9.17) is 9.72 Å². The van der Waals surface area contributed by atoms with Gasteiger partial charge in [0.25, 0.3) is 0 Å². The largest absolute Gasteiger partial charge is 0.378 e. The number of hydrazone groups is 1. The second-order valence-electron chi connectivity index (χ2n) is 7.62. The third-order valence-electron chi connectivity index (χ3n) is 5.24. The van der Waals surface area contributed by atoms with Gasteiger partial charge in [-0.1, -0.05) is 12.1 Å². The minimum atomic E-state index is -0.0977. The molecule has 0 unspecified atom stereocenters. The summed E-state index contributed by atoms with van der Waals surface area (Å²) < 4.78 is 5.46. The number of hydrogen-bond donors (Lipinski definition) is 2. The van der Waals surface area contributed by atoms with Gasteiger partial charge in [0.2, 0.25) is 23.8 Å². The molecule has 1 aromatic heterocycles. The minimum absolute atomic E-state index is 0.0977. The van der Waals surface area contributed by atoms with Crippen molar-refractivity contribution in [2.45, 2.75) is 26.7 Å². The number of amides is 1. The highest BCUT2D eigenvalue weighted by Crippen LogP contribution is 2.21. The van der Waals surface area contributed by atoms with Gasteiger partial charge in [0, 0.05) is 38.8 Å². The van der Waals surface area contributed by atoms with Crippen LogP contribution in [0, 0.1) is 0 Å². The van der Waals surface area contributed by atoms with Crippen molar-refractivity contribution < 1.29 is 9.53 Å². The molecule has 1 aromatic carbocycles. The Labute approximate surface area is 181 Å². The lowest BCUT2D eigenvalue weighted by molar-refractivity contribution is -0.114. The van der Waals surface area contributed by atoms with Crippen LogP contribution in [-0.2, 0) is 9.53 Å². The molecule has 0 radical (unpaired) electrons. The number of ether oxygens (including phenoxy) is 1. The summed E-state index contributed by atoms with van der Waals surface area (Å²) in [5, 5.41) is 7.23. The first kappa shape index (κ1) is 21.0. The standard InChI is InChI=1S/C21H28N8O2/c1-15(17-5-7-18(8-6-17)22-16(2)30)26-27-19-23-20(28-9-3-4-10-28)25-21(24-19)29-11-13-31-14-12-29/h5-8H,3-4,9-14H2,1-2H3,(H,22,30)(H,23,24,25,27)/b26-15+. The Balaban J connectivity index is 1.53. The Morgan fingerprint density at radius 1 is 0.935 bits per heavy atom. The van der Waals surface area contributed by atoms with Crippen molar-refractivity contribution in [3.8, 4) is 0 Å². The van der Waals surface area contributed by atoms with Crippen LogP contribution in [0.15, 0.2) is 29.4 Å². The molecule has 10 nitrogen and oxygen atoms in total.